The molecule has 0 spiro atoms. The summed E-state index contributed by atoms with van der Waals surface area (Å²) in [6.07, 6.45) is 2.99. The van der Waals surface area contributed by atoms with Crippen LogP contribution in [0.5, 0.6) is 5.75 Å². The fraction of sp³-hybridized carbons (Fsp3) is 0.438. The molecule has 0 unspecified atom stereocenters. The largest absolute Gasteiger partial charge is 0.487 e. The Bertz CT molecular complexity index is 666. The topological polar surface area (TPSA) is 53.1 Å². The lowest BCUT2D eigenvalue weighted by atomic mass is 10.1. The Labute approximate surface area is 133 Å². The van der Waals surface area contributed by atoms with E-state index in [-0.39, 0.29) is 6.04 Å². The van der Waals surface area contributed by atoms with E-state index < -0.39 is 0 Å². The van der Waals surface area contributed by atoms with Crippen LogP contribution in [0, 0.1) is 0 Å². The van der Waals surface area contributed by atoms with Gasteiger partial charge in [0.2, 0.25) is 0 Å². The highest BCUT2D eigenvalue weighted by atomic mass is 79.9. The Hall–Kier alpha value is -1.33. The molecule has 0 saturated carbocycles. The van der Waals surface area contributed by atoms with Crippen molar-refractivity contribution in [1.29, 1.82) is 0 Å². The molecule has 1 heterocycles. The Kier molecular flexibility index (Phi) is 4.04. The molecule has 21 heavy (non-hydrogen) atoms. The van der Waals surface area contributed by atoms with E-state index >= 15 is 0 Å². The first kappa shape index (κ1) is 14.6. The molecule has 0 aliphatic heterocycles. The number of nitrogens with two attached hydrogens (primary N) is 1. The van der Waals surface area contributed by atoms with Gasteiger partial charge in [0.15, 0.2) is 0 Å². The second-order valence-electron chi connectivity index (χ2n) is 5.48. The third-order valence-corrected chi connectivity index (χ3v) is 5.03. The number of aryl methyl sites for hydroxylation is 3. The molecule has 1 aromatic heterocycles. The minimum Gasteiger partial charge on any atom is -0.487 e. The lowest BCUT2D eigenvalue weighted by Gasteiger charge is -2.10. The monoisotopic (exact) mass is 349 g/mol. The zero-order valence-electron chi connectivity index (χ0n) is 12.4. The first-order valence-corrected chi connectivity index (χ1v) is 8.11. The van der Waals surface area contributed by atoms with Gasteiger partial charge >= 0.3 is 0 Å². The predicted molar refractivity (Wildman–Crippen MR) is 86.3 cm³/mol. The summed E-state index contributed by atoms with van der Waals surface area (Å²) in [5, 5.41) is 4.48. The Morgan fingerprint density at radius 2 is 2.29 bits per heavy atom. The lowest BCUT2D eigenvalue weighted by molar-refractivity contribution is 0.294. The van der Waals surface area contributed by atoms with Crippen LogP contribution in [0.1, 0.15) is 41.9 Å². The molecule has 4 nitrogen and oxygen atoms in total. The summed E-state index contributed by atoms with van der Waals surface area (Å²) < 4.78 is 8.87. The molecule has 0 fully saturated rings. The molecule has 1 aromatic carbocycles. The van der Waals surface area contributed by atoms with Crippen LogP contribution in [0.2, 0.25) is 0 Å². The predicted octanol–water partition coefficient (Wildman–Crippen LogP) is 3.27. The zero-order valence-corrected chi connectivity index (χ0v) is 14.0. The van der Waals surface area contributed by atoms with Crippen molar-refractivity contribution in [2.24, 2.45) is 12.8 Å². The van der Waals surface area contributed by atoms with Gasteiger partial charge in [0, 0.05) is 13.1 Å². The normalized spacial score (nSPS) is 17.0. The molecular formula is C16H20BrN3O. The van der Waals surface area contributed by atoms with Gasteiger partial charge in [-0.25, -0.2) is 0 Å². The summed E-state index contributed by atoms with van der Waals surface area (Å²) in [7, 11) is 1.95. The second-order valence-corrected chi connectivity index (χ2v) is 6.27. The van der Waals surface area contributed by atoms with Gasteiger partial charge in [-0.2, -0.15) is 5.10 Å². The highest BCUT2D eigenvalue weighted by molar-refractivity contribution is 9.10. The maximum atomic E-state index is 6.06. The molecular weight excluding hydrogens is 330 g/mol. The standard InChI is InChI=1S/C16H20BrN3O/c1-3-14-16(17)15(20(2)19-14)9-21-11-5-6-12-10(8-11)4-7-13(12)18/h5-6,8,13H,3-4,7,9,18H2,1-2H3/t13-/m0/s1. The number of halogens is 1. The fourth-order valence-corrected chi connectivity index (χ4v) is 3.58. The average Bonchev–Trinajstić information content (AvgIpc) is 2.98. The van der Waals surface area contributed by atoms with E-state index in [1.54, 1.807) is 0 Å². The minimum atomic E-state index is 0.187. The SMILES string of the molecule is CCc1nn(C)c(COc2ccc3c(c2)CC[C@@H]3N)c1Br. The Balaban J connectivity index is 1.75. The van der Waals surface area contributed by atoms with E-state index in [1.165, 1.54) is 11.1 Å². The van der Waals surface area contributed by atoms with Crippen molar-refractivity contribution in [3.63, 3.8) is 0 Å². The third-order valence-electron chi connectivity index (χ3n) is 4.12. The van der Waals surface area contributed by atoms with E-state index in [2.05, 4.69) is 40.1 Å². The Morgan fingerprint density at radius 1 is 1.48 bits per heavy atom. The number of aromatic nitrogens is 2. The molecule has 1 atom stereocenters. The van der Waals surface area contributed by atoms with Crippen LogP contribution < -0.4 is 10.5 Å². The van der Waals surface area contributed by atoms with Crippen molar-refractivity contribution in [2.75, 3.05) is 0 Å². The van der Waals surface area contributed by atoms with Gasteiger partial charge in [0.05, 0.1) is 15.9 Å². The third kappa shape index (κ3) is 2.72. The highest BCUT2D eigenvalue weighted by Gasteiger charge is 2.19. The van der Waals surface area contributed by atoms with Crippen LogP contribution in [0.4, 0.5) is 0 Å². The number of benzene rings is 1. The van der Waals surface area contributed by atoms with Crippen LogP contribution in [0.25, 0.3) is 0 Å². The number of nitrogens with zero attached hydrogens (tertiary/aromatic N) is 2. The first-order chi connectivity index (χ1) is 10.1. The van der Waals surface area contributed by atoms with Gasteiger partial charge in [-0.05, 0) is 58.5 Å². The van der Waals surface area contributed by atoms with Crippen molar-refractivity contribution in [3.8, 4) is 5.75 Å². The van der Waals surface area contributed by atoms with Gasteiger partial charge in [0.25, 0.3) is 0 Å². The molecule has 2 aromatic rings. The first-order valence-electron chi connectivity index (χ1n) is 7.31. The zero-order chi connectivity index (χ0) is 15.0. The van der Waals surface area contributed by atoms with Crippen molar-refractivity contribution >= 4 is 15.9 Å². The van der Waals surface area contributed by atoms with Crippen molar-refractivity contribution in [3.05, 3.63) is 45.2 Å². The maximum Gasteiger partial charge on any atom is 0.131 e. The number of hydrogen-bond donors (Lipinski definition) is 1. The van der Waals surface area contributed by atoms with Gasteiger partial charge in [-0.15, -0.1) is 0 Å². The lowest BCUT2D eigenvalue weighted by Crippen LogP contribution is -2.05. The van der Waals surface area contributed by atoms with E-state index in [0.29, 0.717) is 6.61 Å². The molecule has 5 heteroatoms. The summed E-state index contributed by atoms with van der Waals surface area (Å²) in [5.41, 5.74) is 10.8. The van der Waals surface area contributed by atoms with Gasteiger partial charge in [0.1, 0.15) is 12.4 Å². The maximum absolute atomic E-state index is 6.06. The molecule has 1 aliphatic rings. The summed E-state index contributed by atoms with van der Waals surface area (Å²) >= 11 is 3.61. The highest BCUT2D eigenvalue weighted by Crippen LogP contribution is 2.32. The minimum absolute atomic E-state index is 0.187. The molecule has 0 bridgehead atoms. The number of rotatable bonds is 4. The fourth-order valence-electron chi connectivity index (χ4n) is 2.84. The summed E-state index contributed by atoms with van der Waals surface area (Å²) in [6.45, 7) is 2.61. The quantitative estimate of drug-likeness (QED) is 0.921. The van der Waals surface area contributed by atoms with Crippen molar-refractivity contribution < 1.29 is 4.74 Å². The molecule has 1 aliphatic carbocycles. The number of ether oxygens (including phenoxy) is 1. The summed E-state index contributed by atoms with van der Waals surface area (Å²) in [6, 6.07) is 6.41. The average molecular weight is 350 g/mol. The van der Waals surface area contributed by atoms with Gasteiger partial charge < -0.3 is 10.5 Å². The Morgan fingerprint density at radius 3 is 3.00 bits per heavy atom. The van der Waals surface area contributed by atoms with E-state index in [9.17, 15) is 0 Å². The van der Waals surface area contributed by atoms with Crippen molar-refractivity contribution in [1.82, 2.24) is 9.78 Å². The van der Waals surface area contributed by atoms with Crippen LogP contribution in [-0.4, -0.2) is 9.78 Å². The molecule has 0 radical (unpaired) electrons. The summed E-state index contributed by atoms with van der Waals surface area (Å²) in [4.78, 5) is 0. The van der Waals surface area contributed by atoms with Crippen LogP contribution in [-0.2, 0) is 26.5 Å². The second kappa shape index (κ2) is 5.81. The molecule has 0 amide bonds. The molecule has 2 N–H and O–H groups in total. The van der Waals surface area contributed by atoms with Gasteiger partial charge in [-0.1, -0.05) is 13.0 Å². The number of fused-ring (bicyclic) bond motifs is 1. The number of hydrogen-bond acceptors (Lipinski definition) is 3. The molecule has 3 rings (SSSR count). The molecule has 0 saturated heterocycles. The van der Waals surface area contributed by atoms with Gasteiger partial charge in [-0.3, -0.25) is 4.68 Å². The van der Waals surface area contributed by atoms with E-state index in [4.69, 9.17) is 10.5 Å². The smallest absolute Gasteiger partial charge is 0.131 e. The van der Waals surface area contributed by atoms with Crippen LogP contribution in [0.3, 0.4) is 0 Å². The van der Waals surface area contributed by atoms with E-state index in [1.807, 2.05) is 17.8 Å². The molecule has 112 valence electrons. The van der Waals surface area contributed by atoms with E-state index in [0.717, 1.165) is 40.9 Å². The van der Waals surface area contributed by atoms with Crippen LogP contribution in [0.15, 0.2) is 22.7 Å². The van der Waals surface area contributed by atoms with Crippen LogP contribution >= 0.6 is 15.9 Å². The summed E-state index contributed by atoms with van der Waals surface area (Å²) in [5.74, 6) is 0.897. The van der Waals surface area contributed by atoms with Crippen molar-refractivity contribution in [2.45, 2.75) is 38.8 Å².